The number of halogens is 2. The highest BCUT2D eigenvalue weighted by Gasteiger charge is 2.27. The highest BCUT2D eigenvalue weighted by molar-refractivity contribution is 6.29. The van der Waals surface area contributed by atoms with E-state index in [1.165, 1.54) is 12.1 Å². The van der Waals surface area contributed by atoms with Crippen molar-refractivity contribution >= 4 is 23.1 Å². The molecule has 20 heavy (non-hydrogen) atoms. The third-order valence-electron chi connectivity index (χ3n) is 3.35. The Morgan fingerprint density at radius 1 is 1.30 bits per heavy atom. The maximum atomic E-state index is 13.4. The molecule has 0 spiro atoms. The minimum Gasteiger partial charge on any atom is -0.326 e. The van der Waals surface area contributed by atoms with Crippen LogP contribution in [0, 0.1) is 5.82 Å². The third kappa shape index (κ3) is 2.75. The standard InChI is InChI=1S/C15H15ClFN3/c1-2-20(12-5-3-4-11(17)8-12)14-9-13(16)18-15(19-14)10-6-7-10/h3-5,8-10H,2,6-7H2,1H3. The summed E-state index contributed by atoms with van der Waals surface area (Å²) in [5.41, 5.74) is 0.768. The largest absolute Gasteiger partial charge is 0.326 e. The van der Waals surface area contributed by atoms with Crippen molar-refractivity contribution in [3.05, 3.63) is 47.1 Å². The van der Waals surface area contributed by atoms with Gasteiger partial charge in [-0.25, -0.2) is 14.4 Å². The highest BCUT2D eigenvalue weighted by atomic mass is 35.5. The molecule has 0 amide bonds. The van der Waals surface area contributed by atoms with Crippen LogP contribution in [0.5, 0.6) is 0 Å². The van der Waals surface area contributed by atoms with Crippen LogP contribution in [0.25, 0.3) is 0 Å². The van der Waals surface area contributed by atoms with E-state index in [0.717, 1.165) is 30.2 Å². The van der Waals surface area contributed by atoms with E-state index in [1.807, 2.05) is 17.9 Å². The van der Waals surface area contributed by atoms with E-state index in [9.17, 15) is 4.39 Å². The normalized spacial score (nSPS) is 14.3. The Labute approximate surface area is 122 Å². The average Bonchev–Trinajstić information content (AvgIpc) is 3.23. The number of benzene rings is 1. The van der Waals surface area contributed by atoms with Crippen molar-refractivity contribution in [3.63, 3.8) is 0 Å². The SMILES string of the molecule is CCN(c1cccc(F)c1)c1cc(Cl)nc(C2CC2)n1. The van der Waals surface area contributed by atoms with Gasteiger partial charge in [0.15, 0.2) is 0 Å². The zero-order valence-corrected chi connectivity index (χ0v) is 11.9. The average molecular weight is 292 g/mol. The Morgan fingerprint density at radius 3 is 2.75 bits per heavy atom. The van der Waals surface area contributed by atoms with Crippen molar-refractivity contribution in [1.82, 2.24) is 9.97 Å². The fourth-order valence-corrected chi connectivity index (χ4v) is 2.39. The van der Waals surface area contributed by atoms with Gasteiger partial charge in [0, 0.05) is 24.2 Å². The zero-order valence-electron chi connectivity index (χ0n) is 11.2. The van der Waals surface area contributed by atoms with Crippen LogP contribution < -0.4 is 4.90 Å². The second-order valence-corrected chi connectivity index (χ2v) is 5.29. The van der Waals surface area contributed by atoms with E-state index in [2.05, 4.69) is 9.97 Å². The second kappa shape index (κ2) is 5.37. The molecule has 5 heteroatoms. The maximum absolute atomic E-state index is 13.4. The van der Waals surface area contributed by atoms with Crippen LogP contribution in [0.2, 0.25) is 5.15 Å². The van der Waals surface area contributed by atoms with Gasteiger partial charge in [-0.2, -0.15) is 0 Å². The van der Waals surface area contributed by atoms with Crippen LogP contribution in [0.4, 0.5) is 15.9 Å². The summed E-state index contributed by atoms with van der Waals surface area (Å²) >= 11 is 6.09. The molecule has 104 valence electrons. The van der Waals surface area contributed by atoms with Gasteiger partial charge in [0.25, 0.3) is 0 Å². The van der Waals surface area contributed by atoms with Gasteiger partial charge in [0.05, 0.1) is 0 Å². The van der Waals surface area contributed by atoms with Crippen LogP contribution in [0.15, 0.2) is 30.3 Å². The molecule has 3 nitrogen and oxygen atoms in total. The summed E-state index contributed by atoms with van der Waals surface area (Å²) in [4.78, 5) is 10.8. The molecule has 1 fully saturated rings. The molecule has 1 aliphatic rings. The molecule has 1 saturated carbocycles. The highest BCUT2D eigenvalue weighted by Crippen LogP contribution is 2.39. The number of hydrogen-bond donors (Lipinski definition) is 0. The van der Waals surface area contributed by atoms with E-state index >= 15 is 0 Å². The van der Waals surface area contributed by atoms with Crippen molar-refractivity contribution in [1.29, 1.82) is 0 Å². The van der Waals surface area contributed by atoms with Gasteiger partial charge >= 0.3 is 0 Å². The Balaban J connectivity index is 2.00. The van der Waals surface area contributed by atoms with Crippen LogP contribution in [-0.2, 0) is 0 Å². The number of rotatable bonds is 4. The molecule has 0 bridgehead atoms. The van der Waals surface area contributed by atoms with Crippen molar-refractivity contribution in [3.8, 4) is 0 Å². The fraction of sp³-hybridized carbons (Fsp3) is 0.333. The van der Waals surface area contributed by atoms with E-state index in [0.29, 0.717) is 17.6 Å². The smallest absolute Gasteiger partial charge is 0.138 e. The minimum absolute atomic E-state index is 0.261. The van der Waals surface area contributed by atoms with Gasteiger partial charge in [-0.15, -0.1) is 0 Å². The Bertz CT molecular complexity index is 628. The number of aromatic nitrogens is 2. The summed E-state index contributed by atoms with van der Waals surface area (Å²) in [6.45, 7) is 2.68. The first-order valence-electron chi connectivity index (χ1n) is 6.75. The Kier molecular flexibility index (Phi) is 3.57. The number of anilines is 2. The van der Waals surface area contributed by atoms with Gasteiger partial charge in [0.1, 0.15) is 22.6 Å². The molecule has 0 aliphatic heterocycles. The molecule has 0 N–H and O–H groups in total. The molecule has 1 aliphatic carbocycles. The first-order valence-corrected chi connectivity index (χ1v) is 7.12. The number of hydrogen-bond acceptors (Lipinski definition) is 3. The number of nitrogens with zero attached hydrogens (tertiary/aromatic N) is 3. The Hall–Kier alpha value is -1.68. The molecular formula is C15H15ClFN3. The lowest BCUT2D eigenvalue weighted by Crippen LogP contribution is -2.18. The van der Waals surface area contributed by atoms with E-state index in [-0.39, 0.29) is 5.82 Å². The van der Waals surface area contributed by atoms with Gasteiger partial charge < -0.3 is 4.90 Å². The minimum atomic E-state index is -0.261. The summed E-state index contributed by atoms with van der Waals surface area (Å²) in [7, 11) is 0. The molecule has 1 heterocycles. The van der Waals surface area contributed by atoms with E-state index < -0.39 is 0 Å². The maximum Gasteiger partial charge on any atom is 0.138 e. The van der Waals surface area contributed by atoms with Gasteiger partial charge in [-0.3, -0.25) is 0 Å². The van der Waals surface area contributed by atoms with Gasteiger partial charge in [-0.05, 0) is 38.0 Å². The quantitative estimate of drug-likeness (QED) is 0.786. The molecule has 0 radical (unpaired) electrons. The molecule has 3 rings (SSSR count). The van der Waals surface area contributed by atoms with E-state index in [4.69, 9.17) is 11.6 Å². The summed E-state index contributed by atoms with van der Waals surface area (Å²) in [5, 5.41) is 0.437. The molecular weight excluding hydrogens is 277 g/mol. The van der Waals surface area contributed by atoms with Crippen molar-refractivity contribution < 1.29 is 4.39 Å². The van der Waals surface area contributed by atoms with Crippen molar-refractivity contribution in [2.75, 3.05) is 11.4 Å². The first kappa shape index (κ1) is 13.3. The lowest BCUT2D eigenvalue weighted by molar-refractivity contribution is 0.627. The zero-order chi connectivity index (χ0) is 14.1. The van der Waals surface area contributed by atoms with Crippen LogP contribution in [0.3, 0.4) is 0 Å². The monoisotopic (exact) mass is 291 g/mol. The molecule has 2 aromatic rings. The molecule has 1 aromatic carbocycles. The van der Waals surface area contributed by atoms with Crippen molar-refractivity contribution in [2.45, 2.75) is 25.7 Å². The summed E-state index contributed by atoms with van der Waals surface area (Å²) in [6, 6.07) is 8.20. The van der Waals surface area contributed by atoms with Gasteiger partial charge in [-0.1, -0.05) is 17.7 Å². The van der Waals surface area contributed by atoms with Crippen LogP contribution >= 0.6 is 11.6 Å². The second-order valence-electron chi connectivity index (χ2n) is 4.91. The van der Waals surface area contributed by atoms with Crippen molar-refractivity contribution in [2.24, 2.45) is 0 Å². The molecule has 1 aromatic heterocycles. The predicted molar refractivity (Wildman–Crippen MR) is 78.1 cm³/mol. The van der Waals surface area contributed by atoms with Gasteiger partial charge in [0.2, 0.25) is 0 Å². The van der Waals surface area contributed by atoms with Crippen LogP contribution in [0.1, 0.15) is 31.5 Å². The summed E-state index contributed by atoms with van der Waals surface area (Å²) < 4.78 is 13.4. The third-order valence-corrected chi connectivity index (χ3v) is 3.55. The van der Waals surface area contributed by atoms with E-state index in [1.54, 1.807) is 12.1 Å². The fourth-order valence-electron chi connectivity index (χ4n) is 2.21. The summed E-state index contributed by atoms with van der Waals surface area (Å²) in [6.07, 6.45) is 2.23. The lowest BCUT2D eigenvalue weighted by Gasteiger charge is -2.22. The lowest BCUT2D eigenvalue weighted by atomic mass is 10.2. The van der Waals surface area contributed by atoms with Crippen LogP contribution in [-0.4, -0.2) is 16.5 Å². The first-order chi connectivity index (χ1) is 9.67. The topological polar surface area (TPSA) is 29.0 Å². The predicted octanol–water partition coefficient (Wildman–Crippen LogP) is 4.30. The molecule has 0 atom stereocenters. The molecule has 0 unspecified atom stereocenters. The Morgan fingerprint density at radius 2 is 2.10 bits per heavy atom. The summed E-state index contributed by atoms with van der Waals surface area (Å²) in [5.74, 6) is 1.68. The molecule has 0 saturated heterocycles.